The van der Waals surface area contributed by atoms with E-state index in [1.807, 2.05) is 0 Å². The highest BCUT2D eigenvalue weighted by Crippen LogP contribution is 2.30. The molecule has 0 aromatic heterocycles. The lowest BCUT2D eigenvalue weighted by Crippen LogP contribution is -2.63. The number of amides is 6. The van der Waals surface area contributed by atoms with Crippen molar-refractivity contribution in [1.82, 2.24) is 31.9 Å². The lowest BCUT2D eigenvalue weighted by Gasteiger charge is -2.39. The molecular weight excluding hydrogens is 1040 g/mol. The summed E-state index contributed by atoms with van der Waals surface area (Å²) >= 11 is 0. The zero-order valence-corrected chi connectivity index (χ0v) is 44.9. The number of alkyl carbamates (subject to hydrolysis) is 4. The summed E-state index contributed by atoms with van der Waals surface area (Å²) in [7, 11) is 2.24. The molecule has 10 atom stereocenters. The summed E-state index contributed by atoms with van der Waals surface area (Å²) in [6.07, 6.45) is -8.19. The third-order valence-electron chi connectivity index (χ3n) is 10.6. The van der Waals surface area contributed by atoms with Crippen LogP contribution in [-0.4, -0.2) is 186 Å². The average Bonchev–Trinajstić information content (AvgIpc) is 3.99. The van der Waals surface area contributed by atoms with Crippen molar-refractivity contribution in [3.05, 3.63) is 34.1 Å². The molecule has 32 heteroatoms. The van der Waals surface area contributed by atoms with Crippen LogP contribution in [-0.2, 0) is 76.0 Å². The van der Waals surface area contributed by atoms with Gasteiger partial charge in [0.1, 0.15) is 24.4 Å². The first kappa shape index (κ1) is 64.1. The van der Waals surface area contributed by atoms with E-state index >= 15 is 0 Å². The molecule has 8 N–H and O–H groups in total. The minimum absolute atomic E-state index is 0. The molecule has 4 aliphatic rings. The summed E-state index contributed by atoms with van der Waals surface area (Å²) in [5.74, 6) is -3.40. The number of hydrogen-bond acceptors (Lipinski definition) is 24. The smallest absolute Gasteiger partial charge is 0.477 e. The van der Waals surface area contributed by atoms with Crippen LogP contribution in [0, 0.1) is 0 Å². The van der Waals surface area contributed by atoms with E-state index < -0.39 is 132 Å². The second kappa shape index (κ2) is 30.6. The number of nitrogens with one attached hydrogen (secondary N) is 6. The second-order valence-electron chi connectivity index (χ2n) is 19.2. The topological polar surface area (TPSA) is 428 Å². The maximum atomic E-state index is 12.7. The molecule has 438 valence electrons. The molecule has 4 aliphatic heterocycles. The van der Waals surface area contributed by atoms with E-state index in [-0.39, 0.29) is 39.2 Å². The fourth-order valence-electron chi connectivity index (χ4n) is 7.36. The number of azide groups is 1. The van der Waals surface area contributed by atoms with Gasteiger partial charge in [-0.25, -0.2) is 38.4 Å². The zero-order valence-electron chi connectivity index (χ0n) is 44.9. The van der Waals surface area contributed by atoms with Crippen LogP contribution in [0.5, 0.6) is 0 Å². The van der Waals surface area contributed by atoms with Gasteiger partial charge in [-0.3, -0.25) is 9.59 Å². The van der Waals surface area contributed by atoms with Gasteiger partial charge in [0.15, 0.2) is 36.6 Å². The van der Waals surface area contributed by atoms with E-state index in [9.17, 15) is 47.9 Å². The zero-order chi connectivity index (χ0) is 58.3. The van der Waals surface area contributed by atoms with Gasteiger partial charge in [-0.2, -0.15) is 0 Å². The van der Waals surface area contributed by atoms with Gasteiger partial charge in [0.25, 0.3) is 0 Å². The van der Waals surface area contributed by atoms with Crippen LogP contribution < -0.4 is 37.6 Å². The number of nitrogens with two attached hydrogens (primary N) is 1. The Morgan fingerprint density at radius 1 is 0.641 bits per heavy atom. The highest BCUT2D eigenvalue weighted by Gasteiger charge is 2.51. The Kier molecular flexibility index (Phi) is 25.1. The fraction of sp³-hybridized carbons (Fsp3) is 0.696. The van der Waals surface area contributed by atoms with Gasteiger partial charge in [-0.1, -0.05) is 5.11 Å². The van der Waals surface area contributed by atoms with Crippen LogP contribution in [0.2, 0.25) is 0 Å². The van der Waals surface area contributed by atoms with E-state index in [2.05, 4.69) is 46.7 Å². The van der Waals surface area contributed by atoms with Crippen molar-refractivity contribution in [3.8, 4) is 0 Å². The maximum Gasteiger partial charge on any atom is 0.508 e. The Morgan fingerprint density at radius 2 is 1.01 bits per heavy atom. The van der Waals surface area contributed by atoms with Crippen molar-refractivity contribution >= 4 is 60.4 Å². The highest BCUT2D eigenvalue weighted by molar-refractivity contribution is 5.87. The molecule has 0 bridgehead atoms. The minimum Gasteiger partial charge on any atom is -0.477 e. The quantitative estimate of drug-likeness (QED) is 0.0216. The largest absolute Gasteiger partial charge is 0.508 e. The van der Waals surface area contributed by atoms with Crippen molar-refractivity contribution in [1.29, 1.82) is 0 Å². The first-order chi connectivity index (χ1) is 36.6. The predicted octanol–water partition coefficient (Wildman–Crippen LogP) is 2.02. The minimum atomic E-state index is -1.43. The van der Waals surface area contributed by atoms with Crippen LogP contribution in [0.4, 0.5) is 28.8 Å². The third-order valence-corrected chi connectivity index (χ3v) is 10.6. The van der Waals surface area contributed by atoms with E-state index in [4.69, 9.17) is 63.4 Å². The van der Waals surface area contributed by atoms with E-state index in [1.165, 1.54) is 19.9 Å². The molecular formula is C46H72N10O22. The Bertz CT molecular complexity index is 2270. The number of ether oxygens (including phenoxy) is 12. The molecule has 2 fully saturated rings. The van der Waals surface area contributed by atoms with E-state index in [0.717, 1.165) is 20.3 Å². The molecule has 0 unspecified atom stereocenters. The molecule has 0 radical (unpaired) electrons. The van der Waals surface area contributed by atoms with Crippen LogP contribution in [0.3, 0.4) is 0 Å². The number of esters is 2. The summed E-state index contributed by atoms with van der Waals surface area (Å²) in [4.78, 5) is 123. The number of methoxy groups -OCH3 is 2. The number of nitrogens with zero attached hydrogens (tertiary/aromatic N) is 3. The molecule has 4 rings (SSSR count). The molecule has 6 amide bonds. The van der Waals surface area contributed by atoms with Gasteiger partial charge < -0.3 is 94.5 Å². The lowest BCUT2D eigenvalue weighted by atomic mass is 9.92. The molecule has 2 saturated heterocycles. The molecule has 4 heterocycles. The van der Waals surface area contributed by atoms with Crippen LogP contribution in [0.25, 0.3) is 10.4 Å². The number of hydrogen-bond donors (Lipinski definition) is 7. The highest BCUT2D eigenvalue weighted by atomic mass is 16.8. The number of carbonyl (C=O) groups excluding carboxylic acids is 10. The molecule has 0 aromatic carbocycles. The third kappa shape index (κ3) is 22.2. The lowest BCUT2D eigenvalue weighted by molar-refractivity contribution is -0.148. The summed E-state index contributed by atoms with van der Waals surface area (Å²) < 4.78 is 62.1. The van der Waals surface area contributed by atoms with Crippen molar-refractivity contribution < 1.29 is 106 Å². The van der Waals surface area contributed by atoms with Gasteiger partial charge >= 0.3 is 48.6 Å². The van der Waals surface area contributed by atoms with Gasteiger partial charge in [0, 0.05) is 46.4 Å². The van der Waals surface area contributed by atoms with E-state index in [0.29, 0.717) is 38.8 Å². The van der Waals surface area contributed by atoms with Crippen LogP contribution >= 0.6 is 0 Å². The monoisotopic (exact) mass is 1120 g/mol. The molecule has 0 aromatic rings. The van der Waals surface area contributed by atoms with Crippen LogP contribution in [0.1, 0.15) is 82.5 Å². The standard InChI is InChI=1S/C23H34N6O11.C23H36N4O11.H2/c1-12(30)27-16-13(28-29-24)10-14(19(31)35-5)37-18(16)17(15-11-36-22(34)38-15)39-20(32)25-8-6-7-9-26-21(33)40-23(2,3)4;1-12(28)27-16-13(24)10-14(19(29)33-5)35-18(16)17(15-11-34-22(32)36-15)37-20(30)25-8-6-7-9-26-21(31)38-23(2,3)4;/h10,13,15-18H,6-9,11H2,1-5H3,(H,25,32)(H,26,33)(H,27,30);10,13,15-18H,6-9,11,24H2,1-5H3,(H,25,30)(H,26,31)(H,27,28);1H/t2*13-,15+,16+,17+,18+;/m00./s1. The Morgan fingerprint density at radius 3 is 1.36 bits per heavy atom. The van der Waals surface area contributed by atoms with Crippen molar-refractivity contribution in [2.45, 2.75) is 153 Å². The first-order valence-corrected chi connectivity index (χ1v) is 24.4. The van der Waals surface area contributed by atoms with E-state index in [1.54, 1.807) is 41.5 Å². The maximum absolute atomic E-state index is 12.7. The Balaban J connectivity index is 0.000000534. The van der Waals surface area contributed by atoms with Gasteiger partial charge in [-0.15, -0.1) is 0 Å². The summed E-state index contributed by atoms with van der Waals surface area (Å²) in [6, 6.07) is -4.20. The number of carbonyl (C=O) groups is 10. The molecule has 0 spiro atoms. The molecule has 0 saturated carbocycles. The normalized spacial score (nSPS) is 23.0. The van der Waals surface area contributed by atoms with Gasteiger partial charge in [0.2, 0.25) is 23.3 Å². The van der Waals surface area contributed by atoms with Crippen molar-refractivity contribution in [2.75, 3.05) is 53.6 Å². The second-order valence-corrected chi connectivity index (χ2v) is 19.2. The van der Waals surface area contributed by atoms with Gasteiger partial charge in [-0.05, 0) is 84.9 Å². The molecule has 32 nitrogen and oxygen atoms in total. The first-order valence-electron chi connectivity index (χ1n) is 24.4. The number of cyclic esters (lactones) is 4. The summed E-state index contributed by atoms with van der Waals surface area (Å²) in [6.45, 7) is 13.3. The van der Waals surface area contributed by atoms with Crippen molar-refractivity contribution in [3.63, 3.8) is 0 Å². The molecule has 78 heavy (non-hydrogen) atoms. The van der Waals surface area contributed by atoms with Gasteiger partial charge in [0.05, 0.1) is 38.4 Å². The molecule has 0 aliphatic carbocycles. The predicted molar refractivity (Wildman–Crippen MR) is 264 cm³/mol. The van der Waals surface area contributed by atoms with Crippen molar-refractivity contribution in [2.24, 2.45) is 10.8 Å². The Hall–Kier alpha value is -8.15. The number of unbranched alkanes of at least 4 members (excludes halogenated alkanes) is 2. The fourth-order valence-corrected chi connectivity index (χ4v) is 7.36. The van der Waals surface area contributed by atoms with Crippen LogP contribution in [0.15, 0.2) is 28.8 Å². The summed E-state index contributed by atoms with van der Waals surface area (Å²) in [5, 5.41) is 19.1. The summed E-state index contributed by atoms with van der Waals surface area (Å²) in [5.41, 5.74) is 14.0. The number of rotatable bonds is 21. The average molecular weight is 1120 g/mol. The Labute approximate surface area is 449 Å². The SMILES string of the molecule is COC(=O)C1=C[C@H](N)[C@@H](NC(C)=O)[C@H]([C@H](OC(=O)NCCCCNC(=O)OC(C)(C)C)[C@H]2COC(=O)O2)O1.COC(=O)C1=C[C@H](N=[N+]=[N-])[C@@H](NC(C)=O)[C@H]([C@H](OC(=O)NCCCCNC(=O)OC(C)(C)C)[C@H]2COC(=O)O2)O1.[HH].